The van der Waals surface area contributed by atoms with E-state index in [2.05, 4.69) is 0 Å². The number of carbonyl (C=O) groups excluding carboxylic acids is 1. The smallest absolute Gasteiger partial charge is 0.416 e. The standard InChI is InChI=1S/C30H32F3NO4/c1-21(2)34(20-22-8-6-11-27(18-22)38-17-5-3-4-12-28(35)36)29(37)24-15-13-23(14-16-24)25-9-7-10-26(19-25)30(31,32)33/h6-11,13-16,18-19,21H,3-5,12,17,20H2,1-2H3,(H,35,36). The largest absolute Gasteiger partial charge is 0.494 e. The summed E-state index contributed by atoms with van der Waals surface area (Å²) < 4.78 is 45.0. The highest BCUT2D eigenvalue weighted by Crippen LogP contribution is 2.32. The molecule has 1 amide bonds. The Bertz CT molecular complexity index is 1220. The second kappa shape index (κ2) is 13.1. The number of rotatable bonds is 12. The second-order valence-electron chi connectivity index (χ2n) is 9.38. The molecule has 0 fully saturated rings. The summed E-state index contributed by atoms with van der Waals surface area (Å²) in [7, 11) is 0. The molecule has 38 heavy (non-hydrogen) atoms. The van der Waals surface area contributed by atoms with Gasteiger partial charge in [-0.05, 0) is 86.2 Å². The molecule has 0 aliphatic heterocycles. The van der Waals surface area contributed by atoms with E-state index in [9.17, 15) is 22.8 Å². The van der Waals surface area contributed by atoms with E-state index in [0.29, 0.717) is 42.0 Å². The molecular formula is C30H32F3NO4. The Morgan fingerprint density at radius 2 is 1.61 bits per heavy atom. The molecule has 3 rings (SSSR count). The molecule has 0 bridgehead atoms. The van der Waals surface area contributed by atoms with E-state index in [0.717, 1.165) is 30.5 Å². The van der Waals surface area contributed by atoms with E-state index in [1.807, 2.05) is 38.1 Å². The number of alkyl halides is 3. The Morgan fingerprint density at radius 1 is 0.895 bits per heavy atom. The topological polar surface area (TPSA) is 66.8 Å². The Morgan fingerprint density at radius 3 is 2.26 bits per heavy atom. The molecule has 0 heterocycles. The minimum Gasteiger partial charge on any atom is -0.494 e. The van der Waals surface area contributed by atoms with Gasteiger partial charge in [-0.25, -0.2) is 0 Å². The van der Waals surface area contributed by atoms with E-state index in [1.54, 1.807) is 35.2 Å². The van der Waals surface area contributed by atoms with Crippen LogP contribution in [0.4, 0.5) is 13.2 Å². The van der Waals surface area contributed by atoms with Gasteiger partial charge in [0.25, 0.3) is 5.91 Å². The number of halogens is 3. The van der Waals surface area contributed by atoms with Gasteiger partial charge >= 0.3 is 12.1 Å². The molecule has 3 aromatic rings. The van der Waals surface area contributed by atoms with E-state index in [4.69, 9.17) is 9.84 Å². The normalized spacial score (nSPS) is 11.4. The van der Waals surface area contributed by atoms with E-state index >= 15 is 0 Å². The lowest BCUT2D eigenvalue weighted by atomic mass is 10.0. The van der Waals surface area contributed by atoms with Crippen LogP contribution in [-0.2, 0) is 17.5 Å². The van der Waals surface area contributed by atoms with Crippen LogP contribution in [-0.4, -0.2) is 34.5 Å². The van der Waals surface area contributed by atoms with Crippen LogP contribution in [0.15, 0.2) is 72.8 Å². The maximum absolute atomic E-state index is 13.3. The van der Waals surface area contributed by atoms with Crippen LogP contribution < -0.4 is 4.74 Å². The van der Waals surface area contributed by atoms with Crippen molar-refractivity contribution < 1.29 is 32.6 Å². The van der Waals surface area contributed by atoms with Gasteiger partial charge in [0, 0.05) is 24.6 Å². The number of unbranched alkanes of at least 4 members (excludes halogenated alkanes) is 2. The van der Waals surface area contributed by atoms with Crippen LogP contribution in [0.5, 0.6) is 5.75 Å². The van der Waals surface area contributed by atoms with Gasteiger partial charge in [0.15, 0.2) is 0 Å². The van der Waals surface area contributed by atoms with Gasteiger partial charge < -0.3 is 14.7 Å². The average molecular weight is 528 g/mol. The first-order valence-corrected chi connectivity index (χ1v) is 12.6. The highest BCUT2D eigenvalue weighted by atomic mass is 19.4. The summed E-state index contributed by atoms with van der Waals surface area (Å²) in [6.45, 7) is 4.69. The maximum atomic E-state index is 13.3. The number of carbonyl (C=O) groups is 2. The number of ether oxygens (including phenoxy) is 1. The van der Waals surface area contributed by atoms with Crippen molar-refractivity contribution in [2.45, 2.75) is 58.3 Å². The number of nitrogens with zero attached hydrogens (tertiary/aromatic N) is 1. The first-order valence-electron chi connectivity index (χ1n) is 12.6. The molecular weight excluding hydrogens is 495 g/mol. The van der Waals surface area contributed by atoms with Crippen molar-refractivity contribution in [3.05, 3.63) is 89.5 Å². The SMILES string of the molecule is CC(C)N(Cc1cccc(OCCCCCC(=O)O)c1)C(=O)c1ccc(-c2cccc(C(F)(F)F)c2)cc1. The van der Waals surface area contributed by atoms with Crippen molar-refractivity contribution in [3.63, 3.8) is 0 Å². The molecule has 0 atom stereocenters. The fourth-order valence-electron chi connectivity index (χ4n) is 4.01. The Labute approximate surface area is 220 Å². The fourth-order valence-corrected chi connectivity index (χ4v) is 4.01. The summed E-state index contributed by atoms with van der Waals surface area (Å²) in [5.41, 5.74) is 1.65. The summed E-state index contributed by atoms with van der Waals surface area (Å²) >= 11 is 0. The van der Waals surface area contributed by atoms with Gasteiger partial charge in [0.2, 0.25) is 0 Å². The molecule has 8 heteroatoms. The third-order valence-electron chi connectivity index (χ3n) is 6.09. The van der Waals surface area contributed by atoms with Crippen LogP contribution in [0, 0.1) is 0 Å². The van der Waals surface area contributed by atoms with Crippen molar-refractivity contribution in [2.75, 3.05) is 6.61 Å². The Kier molecular flexibility index (Phi) is 9.93. The molecule has 0 saturated heterocycles. The number of benzene rings is 3. The Hall–Kier alpha value is -3.81. The van der Waals surface area contributed by atoms with Crippen LogP contribution in [0.2, 0.25) is 0 Å². The van der Waals surface area contributed by atoms with Crippen LogP contribution >= 0.6 is 0 Å². The average Bonchev–Trinajstić information content (AvgIpc) is 2.88. The maximum Gasteiger partial charge on any atom is 0.416 e. The van der Waals surface area contributed by atoms with Crippen molar-refractivity contribution in [1.82, 2.24) is 4.90 Å². The lowest BCUT2D eigenvalue weighted by molar-refractivity contribution is -0.138. The Balaban J connectivity index is 1.65. The van der Waals surface area contributed by atoms with Crippen molar-refractivity contribution >= 4 is 11.9 Å². The van der Waals surface area contributed by atoms with E-state index in [-0.39, 0.29) is 18.4 Å². The van der Waals surface area contributed by atoms with Crippen molar-refractivity contribution in [1.29, 1.82) is 0 Å². The molecule has 0 aliphatic rings. The zero-order valence-corrected chi connectivity index (χ0v) is 21.5. The van der Waals surface area contributed by atoms with E-state index in [1.165, 1.54) is 6.07 Å². The molecule has 3 aromatic carbocycles. The highest BCUT2D eigenvalue weighted by molar-refractivity contribution is 5.95. The van der Waals surface area contributed by atoms with Gasteiger partial charge in [0.1, 0.15) is 5.75 Å². The number of carboxylic acid groups (broad SMARTS) is 1. The number of aliphatic carboxylic acids is 1. The lowest BCUT2D eigenvalue weighted by Gasteiger charge is -2.27. The third kappa shape index (κ3) is 8.36. The summed E-state index contributed by atoms with van der Waals surface area (Å²) in [5, 5.41) is 8.70. The summed E-state index contributed by atoms with van der Waals surface area (Å²) in [4.78, 5) is 25.6. The predicted octanol–water partition coefficient (Wildman–Crippen LogP) is 7.45. The molecule has 0 spiro atoms. The van der Waals surface area contributed by atoms with Gasteiger partial charge in [-0.2, -0.15) is 13.2 Å². The lowest BCUT2D eigenvalue weighted by Crippen LogP contribution is -2.36. The third-order valence-corrected chi connectivity index (χ3v) is 6.09. The molecule has 0 aromatic heterocycles. The molecule has 0 saturated carbocycles. The zero-order chi connectivity index (χ0) is 27.7. The minimum absolute atomic E-state index is 0.0931. The predicted molar refractivity (Wildman–Crippen MR) is 140 cm³/mol. The number of hydrogen-bond acceptors (Lipinski definition) is 3. The minimum atomic E-state index is -4.42. The second-order valence-corrected chi connectivity index (χ2v) is 9.38. The number of carboxylic acids is 1. The fraction of sp³-hybridized carbons (Fsp3) is 0.333. The number of amides is 1. The molecule has 0 unspecified atom stereocenters. The quantitative estimate of drug-likeness (QED) is 0.249. The summed E-state index contributed by atoms with van der Waals surface area (Å²) in [6.07, 6.45) is -2.12. The summed E-state index contributed by atoms with van der Waals surface area (Å²) in [6, 6.07) is 19.1. The van der Waals surface area contributed by atoms with Crippen LogP contribution in [0.25, 0.3) is 11.1 Å². The molecule has 0 radical (unpaired) electrons. The highest BCUT2D eigenvalue weighted by Gasteiger charge is 2.30. The molecule has 0 aliphatic carbocycles. The van der Waals surface area contributed by atoms with Crippen molar-refractivity contribution in [3.8, 4) is 16.9 Å². The number of hydrogen-bond donors (Lipinski definition) is 1. The van der Waals surface area contributed by atoms with Gasteiger partial charge in [-0.15, -0.1) is 0 Å². The zero-order valence-electron chi connectivity index (χ0n) is 21.5. The van der Waals surface area contributed by atoms with Crippen LogP contribution in [0.1, 0.15) is 61.0 Å². The first kappa shape index (κ1) is 28.8. The monoisotopic (exact) mass is 527 g/mol. The first-order chi connectivity index (χ1) is 18.0. The molecule has 202 valence electrons. The molecule has 5 nitrogen and oxygen atoms in total. The molecule has 1 N–H and O–H groups in total. The van der Waals surface area contributed by atoms with Crippen molar-refractivity contribution in [2.24, 2.45) is 0 Å². The van der Waals surface area contributed by atoms with Crippen LogP contribution in [0.3, 0.4) is 0 Å². The van der Waals surface area contributed by atoms with Gasteiger partial charge in [0.05, 0.1) is 12.2 Å². The summed E-state index contributed by atoms with van der Waals surface area (Å²) in [5.74, 6) is -0.294. The van der Waals surface area contributed by atoms with Gasteiger partial charge in [-0.3, -0.25) is 9.59 Å². The van der Waals surface area contributed by atoms with Gasteiger partial charge in [-0.1, -0.05) is 36.4 Å². The van der Waals surface area contributed by atoms with E-state index < -0.39 is 17.7 Å².